The van der Waals surface area contributed by atoms with E-state index in [9.17, 15) is 13.2 Å². The summed E-state index contributed by atoms with van der Waals surface area (Å²) < 4.78 is 45.4. The van der Waals surface area contributed by atoms with Crippen LogP contribution < -0.4 is 14.9 Å². The van der Waals surface area contributed by atoms with Crippen LogP contribution in [0.1, 0.15) is 29.0 Å². The number of hydrogen-bond acceptors (Lipinski definition) is 6. The van der Waals surface area contributed by atoms with Crippen molar-refractivity contribution in [3.8, 4) is 5.75 Å². The van der Waals surface area contributed by atoms with Crippen LogP contribution in [0.15, 0.2) is 53.7 Å². The summed E-state index contributed by atoms with van der Waals surface area (Å²) in [6.07, 6.45) is 3.76. The number of aromatic nitrogens is 1. The van der Waals surface area contributed by atoms with Crippen molar-refractivity contribution in [2.75, 3.05) is 19.2 Å². The Labute approximate surface area is 219 Å². The van der Waals surface area contributed by atoms with Crippen LogP contribution in [-0.2, 0) is 12.8 Å². The van der Waals surface area contributed by atoms with E-state index < -0.39 is 11.6 Å². The third kappa shape index (κ3) is 6.90. The number of anilines is 1. The minimum Gasteiger partial charge on any atom is -0.493 e. The second kappa shape index (κ2) is 12.7. The number of nitrogens with zero attached hydrogens (tertiary/aromatic N) is 2. The van der Waals surface area contributed by atoms with Crippen LogP contribution >= 0.6 is 11.9 Å². The van der Waals surface area contributed by atoms with Gasteiger partial charge < -0.3 is 4.74 Å². The predicted octanol–water partition coefficient (Wildman–Crippen LogP) is 5.26. The van der Waals surface area contributed by atoms with E-state index in [0.717, 1.165) is 47.0 Å². The molecule has 0 fully saturated rings. The number of aryl methyl sites for hydroxylation is 1. The molecule has 4 rings (SSSR count). The Morgan fingerprint density at radius 3 is 2.55 bits per heavy atom. The molecule has 3 N–H and O–H groups in total. The first-order valence-corrected chi connectivity index (χ1v) is 10.8. The molecule has 5 nitrogen and oxygen atoms in total. The summed E-state index contributed by atoms with van der Waals surface area (Å²) in [6, 6.07) is 10.9. The zero-order valence-corrected chi connectivity index (χ0v) is 23.2. The van der Waals surface area contributed by atoms with Crippen LogP contribution in [0.4, 0.5) is 18.9 Å². The maximum absolute atomic E-state index is 13.8. The van der Waals surface area contributed by atoms with Crippen molar-refractivity contribution >= 4 is 17.6 Å². The fourth-order valence-corrected chi connectivity index (χ4v) is 4.04. The van der Waals surface area contributed by atoms with Crippen LogP contribution in [-0.4, -0.2) is 24.3 Å². The quantitative estimate of drug-likeness (QED) is 0.286. The molecule has 0 saturated heterocycles. The largest absolute Gasteiger partial charge is 0.493 e. The van der Waals surface area contributed by atoms with Crippen LogP contribution in [0.5, 0.6) is 5.75 Å². The van der Waals surface area contributed by atoms with Gasteiger partial charge in [-0.25, -0.2) is 13.8 Å². The van der Waals surface area contributed by atoms with E-state index in [-0.39, 0.29) is 48.6 Å². The van der Waals surface area contributed by atoms with Crippen LogP contribution in [0.3, 0.4) is 0 Å². The second-order valence-electron chi connectivity index (χ2n) is 7.33. The van der Waals surface area contributed by atoms with Crippen molar-refractivity contribution in [2.45, 2.75) is 30.2 Å². The van der Waals surface area contributed by atoms with E-state index in [1.807, 2.05) is 0 Å². The minimum absolute atomic E-state index is 0. The van der Waals surface area contributed by atoms with E-state index >= 15 is 0 Å². The SMILES string of the molecule is CN(O)c1ccnc(SN)c1.COc1c(C2CCc3cc(F)ccc3C2)ccc(F)c1F.[U]. The van der Waals surface area contributed by atoms with Crippen molar-refractivity contribution in [3.63, 3.8) is 0 Å². The third-order valence-electron chi connectivity index (χ3n) is 5.33. The number of benzene rings is 2. The summed E-state index contributed by atoms with van der Waals surface area (Å²) >= 11 is 1.05. The van der Waals surface area contributed by atoms with Crippen molar-refractivity contribution in [1.82, 2.24) is 4.98 Å². The summed E-state index contributed by atoms with van der Waals surface area (Å²) in [6.45, 7) is 0. The van der Waals surface area contributed by atoms with E-state index in [1.54, 1.807) is 43.6 Å². The molecule has 2 aromatic carbocycles. The van der Waals surface area contributed by atoms with Gasteiger partial charge in [-0.1, -0.05) is 12.1 Å². The fourth-order valence-electron chi connectivity index (χ4n) is 3.73. The standard InChI is InChI=1S/C17H15F3O.C6H9N3OS.U/c1-21-17-14(6-7-15(19)16(17)20)12-3-2-11-9-13(18)5-4-10(11)8-12;1-9(10)5-2-3-8-6(4-5)11-7;/h4-7,9,12H,2-3,8H2,1H3;2-4,10H,7H2,1H3;. The van der Waals surface area contributed by atoms with Crippen molar-refractivity contribution in [2.24, 2.45) is 5.14 Å². The van der Waals surface area contributed by atoms with Crippen molar-refractivity contribution < 1.29 is 54.2 Å². The van der Waals surface area contributed by atoms with Gasteiger partial charge in [-0.15, -0.1) is 0 Å². The number of halogens is 3. The molecule has 10 heteroatoms. The van der Waals surface area contributed by atoms with Gasteiger partial charge in [-0.3, -0.25) is 15.4 Å². The Morgan fingerprint density at radius 1 is 1.12 bits per heavy atom. The van der Waals surface area contributed by atoms with Gasteiger partial charge in [0.2, 0.25) is 5.82 Å². The summed E-state index contributed by atoms with van der Waals surface area (Å²) in [4.78, 5) is 3.94. The van der Waals surface area contributed by atoms with Crippen molar-refractivity contribution in [1.29, 1.82) is 0 Å². The molecule has 1 aliphatic rings. The summed E-state index contributed by atoms with van der Waals surface area (Å²) in [5.41, 5.74) is 3.39. The molecule has 1 aromatic heterocycles. The molecule has 0 aliphatic heterocycles. The average Bonchev–Trinajstić information content (AvgIpc) is 2.80. The van der Waals surface area contributed by atoms with Gasteiger partial charge in [-0.05, 0) is 78.6 Å². The van der Waals surface area contributed by atoms with E-state index in [1.165, 1.54) is 13.2 Å². The summed E-state index contributed by atoms with van der Waals surface area (Å²) in [5.74, 6) is -2.06. The van der Waals surface area contributed by atoms with E-state index in [4.69, 9.17) is 15.1 Å². The van der Waals surface area contributed by atoms with Gasteiger partial charge >= 0.3 is 0 Å². The van der Waals surface area contributed by atoms with Gasteiger partial charge in [0.1, 0.15) is 10.8 Å². The molecular formula is C23H24F3N3O2SU. The molecule has 1 unspecified atom stereocenters. The first kappa shape index (κ1) is 27.5. The number of hydrogen-bond donors (Lipinski definition) is 2. The average molecular weight is 702 g/mol. The molecule has 0 saturated carbocycles. The molecule has 1 atom stereocenters. The molecule has 0 spiro atoms. The number of ether oxygens (including phenoxy) is 1. The predicted molar refractivity (Wildman–Crippen MR) is 119 cm³/mol. The Hall–Kier alpha value is -1.70. The Bertz CT molecular complexity index is 1090. The number of fused-ring (bicyclic) bond motifs is 1. The molecule has 0 bridgehead atoms. The molecule has 0 amide bonds. The zero-order valence-electron chi connectivity index (χ0n) is 18.2. The first-order chi connectivity index (χ1) is 15.3. The second-order valence-corrected chi connectivity index (χ2v) is 7.98. The monoisotopic (exact) mass is 701 g/mol. The number of nitrogens with two attached hydrogens (primary N) is 1. The smallest absolute Gasteiger partial charge is 0.200 e. The molecule has 1 aliphatic carbocycles. The molecule has 3 aromatic rings. The molecular weight excluding hydrogens is 677 g/mol. The van der Waals surface area contributed by atoms with Crippen LogP contribution in [0.2, 0.25) is 0 Å². The van der Waals surface area contributed by atoms with Gasteiger partial charge in [0.05, 0.1) is 12.8 Å². The van der Waals surface area contributed by atoms with Gasteiger partial charge in [0.25, 0.3) is 0 Å². The third-order valence-corrected chi connectivity index (χ3v) is 5.80. The van der Waals surface area contributed by atoms with E-state index in [2.05, 4.69) is 4.98 Å². The van der Waals surface area contributed by atoms with Crippen LogP contribution in [0.25, 0.3) is 0 Å². The Morgan fingerprint density at radius 2 is 1.88 bits per heavy atom. The van der Waals surface area contributed by atoms with E-state index in [0.29, 0.717) is 22.7 Å². The molecule has 174 valence electrons. The fraction of sp³-hybridized carbons (Fsp3) is 0.261. The minimum atomic E-state index is -0.945. The Kier molecular flexibility index (Phi) is 10.6. The molecule has 0 radical (unpaired) electrons. The summed E-state index contributed by atoms with van der Waals surface area (Å²) in [5, 5.41) is 16.0. The number of rotatable bonds is 4. The number of pyridine rings is 1. The number of methoxy groups -OCH3 is 1. The van der Waals surface area contributed by atoms with Gasteiger partial charge in [-0.2, -0.15) is 4.39 Å². The molecule has 33 heavy (non-hydrogen) atoms. The Balaban J connectivity index is 0.000000274. The van der Waals surface area contributed by atoms with Gasteiger partial charge in [0, 0.05) is 49.9 Å². The van der Waals surface area contributed by atoms with Crippen LogP contribution in [0, 0.1) is 48.6 Å². The summed E-state index contributed by atoms with van der Waals surface area (Å²) in [7, 11) is 2.88. The normalized spacial score (nSPS) is 14.3. The maximum atomic E-state index is 13.8. The topological polar surface area (TPSA) is 71.6 Å². The maximum Gasteiger partial charge on any atom is 0.200 e. The molecule has 1 heterocycles. The van der Waals surface area contributed by atoms with Crippen molar-refractivity contribution in [3.05, 3.63) is 82.8 Å². The zero-order chi connectivity index (χ0) is 23.3. The first-order valence-electron chi connectivity index (χ1n) is 9.88. The van der Waals surface area contributed by atoms with Gasteiger partial charge in [0.15, 0.2) is 11.6 Å². The number of hydroxylamine groups is 1.